The largest absolute Gasteiger partial charge is 0.455 e. The minimum absolute atomic E-state index is 0.00998. The highest BCUT2D eigenvalue weighted by Crippen LogP contribution is 2.32. The summed E-state index contributed by atoms with van der Waals surface area (Å²) in [4.78, 5) is 26.6. The van der Waals surface area contributed by atoms with Gasteiger partial charge in [-0.3, -0.25) is 14.5 Å². The van der Waals surface area contributed by atoms with Crippen molar-refractivity contribution in [1.29, 1.82) is 0 Å². The average molecular weight is 415 g/mol. The lowest BCUT2D eigenvalue weighted by atomic mass is 10.2. The van der Waals surface area contributed by atoms with Crippen LogP contribution in [0.2, 0.25) is 0 Å². The number of hydrogen-bond acceptors (Lipinski definition) is 6. The lowest BCUT2D eigenvalue weighted by Gasteiger charge is -2.34. The van der Waals surface area contributed by atoms with Gasteiger partial charge in [0, 0.05) is 18.5 Å². The van der Waals surface area contributed by atoms with Crippen LogP contribution in [-0.4, -0.2) is 42.0 Å². The van der Waals surface area contributed by atoms with E-state index in [2.05, 4.69) is 10.2 Å². The molecule has 1 fully saturated rings. The first-order chi connectivity index (χ1) is 14.3. The Kier molecular flexibility index (Phi) is 5.31. The molecule has 0 radical (unpaired) electrons. The normalized spacial score (nSPS) is 19.8. The summed E-state index contributed by atoms with van der Waals surface area (Å²) in [5.74, 6) is -1.59. The number of primary amides is 1. The third kappa shape index (κ3) is 4.07. The van der Waals surface area contributed by atoms with Crippen LogP contribution in [0.5, 0.6) is 0 Å². The predicted molar refractivity (Wildman–Crippen MR) is 107 cm³/mol. The highest BCUT2D eigenvalue weighted by Gasteiger charge is 2.25. The van der Waals surface area contributed by atoms with Crippen molar-refractivity contribution in [3.05, 3.63) is 53.4 Å². The fraction of sp³-hybridized carbons (Fsp3) is 0.333. The van der Waals surface area contributed by atoms with Crippen molar-refractivity contribution in [2.24, 2.45) is 5.73 Å². The van der Waals surface area contributed by atoms with Gasteiger partial charge in [-0.1, -0.05) is 0 Å². The van der Waals surface area contributed by atoms with Gasteiger partial charge in [0.25, 0.3) is 11.8 Å². The Bertz CT molecular complexity index is 1100. The Morgan fingerprint density at radius 3 is 2.60 bits per heavy atom. The number of benzene rings is 1. The van der Waals surface area contributed by atoms with E-state index in [1.54, 1.807) is 12.1 Å². The summed E-state index contributed by atoms with van der Waals surface area (Å²) in [5.41, 5.74) is 5.59. The molecular formula is C21H22FN3O5. The Balaban J connectivity index is 1.53. The van der Waals surface area contributed by atoms with Gasteiger partial charge in [0.15, 0.2) is 5.76 Å². The van der Waals surface area contributed by atoms with Crippen molar-refractivity contribution >= 4 is 28.5 Å². The lowest BCUT2D eigenvalue weighted by molar-refractivity contribution is -0.0718. The first-order valence-electron chi connectivity index (χ1n) is 9.60. The molecule has 2 aromatic heterocycles. The fourth-order valence-corrected chi connectivity index (χ4v) is 3.76. The molecule has 2 amide bonds. The second-order valence-corrected chi connectivity index (χ2v) is 7.48. The van der Waals surface area contributed by atoms with Crippen LogP contribution in [0.15, 0.2) is 39.2 Å². The second kappa shape index (κ2) is 7.92. The molecule has 1 saturated heterocycles. The van der Waals surface area contributed by atoms with Crippen LogP contribution < -0.4 is 11.1 Å². The number of nitrogens with zero attached hydrogens (tertiary/aromatic N) is 1. The smallest absolute Gasteiger partial charge is 0.291 e. The van der Waals surface area contributed by atoms with E-state index < -0.39 is 17.6 Å². The highest BCUT2D eigenvalue weighted by molar-refractivity contribution is 6.13. The SMILES string of the molecule is C[C@@H]1CN(Cc2ccc(C(=O)Nc3c(C(N)=O)oc4ccc(F)cc34)o2)C[C@H](C)O1. The van der Waals surface area contributed by atoms with Crippen LogP contribution in [-0.2, 0) is 11.3 Å². The molecule has 3 heterocycles. The van der Waals surface area contributed by atoms with Crippen molar-refractivity contribution in [2.75, 3.05) is 18.4 Å². The highest BCUT2D eigenvalue weighted by atomic mass is 19.1. The standard InChI is InChI=1S/C21H22FN3O5/c1-11-8-25(9-12(2)28-11)10-14-4-6-17(29-14)21(27)24-18-15-7-13(22)3-5-16(15)30-19(18)20(23)26/h3-7,11-12H,8-10H2,1-2H3,(H2,23,26)(H,24,27)/t11-,12+. The number of carbonyl (C=O) groups excluding carboxylic acids is 2. The van der Waals surface area contributed by atoms with E-state index in [-0.39, 0.29) is 40.4 Å². The number of fused-ring (bicyclic) bond motifs is 1. The third-order valence-corrected chi connectivity index (χ3v) is 4.87. The lowest BCUT2D eigenvalue weighted by Crippen LogP contribution is -2.44. The van der Waals surface area contributed by atoms with Crippen LogP contribution in [0.3, 0.4) is 0 Å². The van der Waals surface area contributed by atoms with Crippen molar-refractivity contribution in [1.82, 2.24) is 4.90 Å². The zero-order chi connectivity index (χ0) is 21.4. The Hall–Kier alpha value is -3.17. The molecule has 3 aromatic rings. The molecule has 0 unspecified atom stereocenters. The number of halogens is 1. The second-order valence-electron chi connectivity index (χ2n) is 7.48. The number of anilines is 1. The van der Waals surface area contributed by atoms with Crippen molar-refractivity contribution in [3.63, 3.8) is 0 Å². The number of rotatable bonds is 5. The first kappa shape index (κ1) is 20.1. The molecule has 1 aliphatic rings. The molecule has 0 aliphatic carbocycles. The van der Waals surface area contributed by atoms with Gasteiger partial charge in [0.05, 0.1) is 18.8 Å². The van der Waals surface area contributed by atoms with Crippen molar-refractivity contribution in [3.8, 4) is 0 Å². The minimum atomic E-state index is -0.877. The Morgan fingerprint density at radius 2 is 1.90 bits per heavy atom. The molecule has 0 spiro atoms. The molecule has 9 heteroatoms. The van der Waals surface area contributed by atoms with Crippen LogP contribution in [0, 0.1) is 5.82 Å². The average Bonchev–Trinajstić information content (AvgIpc) is 3.26. The summed E-state index contributed by atoms with van der Waals surface area (Å²) < 4.78 is 30.4. The van der Waals surface area contributed by atoms with E-state index >= 15 is 0 Å². The number of morpholine rings is 1. The maximum atomic E-state index is 13.7. The number of nitrogens with two attached hydrogens (primary N) is 1. The van der Waals surface area contributed by atoms with Gasteiger partial charge in [0.1, 0.15) is 22.8 Å². The van der Waals surface area contributed by atoms with Gasteiger partial charge in [0.2, 0.25) is 5.76 Å². The fourth-order valence-electron chi connectivity index (χ4n) is 3.76. The molecule has 158 valence electrons. The van der Waals surface area contributed by atoms with Crippen molar-refractivity contribution in [2.45, 2.75) is 32.6 Å². The number of hydrogen-bond donors (Lipinski definition) is 2. The number of carbonyl (C=O) groups is 2. The summed E-state index contributed by atoms with van der Waals surface area (Å²) in [5, 5.41) is 2.80. The molecular weight excluding hydrogens is 393 g/mol. The number of amides is 2. The zero-order valence-corrected chi connectivity index (χ0v) is 16.6. The van der Waals surface area contributed by atoms with Crippen molar-refractivity contribution < 1.29 is 27.6 Å². The van der Waals surface area contributed by atoms with E-state index in [0.717, 1.165) is 19.2 Å². The van der Waals surface area contributed by atoms with E-state index in [9.17, 15) is 14.0 Å². The van der Waals surface area contributed by atoms with Gasteiger partial charge in [-0.15, -0.1) is 0 Å². The van der Waals surface area contributed by atoms with Gasteiger partial charge >= 0.3 is 0 Å². The van der Waals surface area contributed by atoms with Crippen LogP contribution >= 0.6 is 0 Å². The molecule has 1 aliphatic heterocycles. The molecule has 30 heavy (non-hydrogen) atoms. The van der Waals surface area contributed by atoms with Gasteiger partial charge in [-0.05, 0) is 44.2 Å². The number of nitrogens with one attached hydrogen (secondary N) is 1. The quantitative estimate of drug-likeness (QED) is 0.662. The summed E-state index contributed by atoms with van der Waals surface area (Å²) >= 11 is 0. The van der Waals surface area contributed by atoms with E-state index in [1.807, 2.05) is 13.8 Å². The zero-order valence-electron chi connectivity index (χ0n) is 16.6. The predicted octanol–water partition coefficient (Wildman–Crippen LogP) is 3.13. The van der Waals surface area contributed by atoms with Crippen LogP contribution in [0.25, 0.3) is 11.0 Å². The minimum Gasteiger partial charge on any atom is -0.455 e. The Labute approximate surface area is 171 Å². The molecule has 8 nitrogen and oxygen atoms in total. The molecule has 0 bridgehead atoms. The van der Waals surface area contributed by atoms with Gasteiger partial charge in [-0.2, -0.15) is 0 Å². The van der Waals surface area contributed by atoms with E-state index in [4.69, 9.17) is 19.3 Å². The van der Waals surface area contributed by atoms with Gasteiger partial charge < -0.3 is 24.6 Å². The topological polar surface area (TPSA) is 111 Å². The number of ether oxygens (including phenoxy) is 1. The first-order valence-corrected chi connectivity index (χ1v) is 9.60. The molecule has 4 rings (SSSR count). The third-order valence-electron chi connectivity index (χ3n) is 4.87. The molecule has 0 saturated carbocycles. The summed E-state index contributed by atoms with van der Waals surface area (Å²) in [6.07, 6.45) is 0.238. The molecule has 2 atom stereocenters. The maximum Gasteiger partial charge on any atom is 0.291 e. The van der Waals surface area contributed by atoms with E-state index in [1.165, 1.54) is 12.1 Å². The molecule has 1 aromatic carbocycles. The summed E-state index contributed by atoms with van der Waals surface area (Å²) in [7, 11) is 0. The van der Waals surface area contributed by atoms with Crippen LogP contribution in [0.4, 0.5) is 10.1 Å². The Morgan fingerprint density at radius 1 is 1.17 bits per heavy atom. The van der Waals surface area contributed by atoms with Gasteiger partial charge in [-0.25, -0.2) is 4.39 Å². The molecule has 3 N–H and O–H groups in total. The number of furan rings is 2. The maximum absolute atomic E-state index is 13.7. The monoisotopic (exact) mass is 415 g/mol. The summed E-state index contributed by atoms with van der Waals surface area (Å²) in [6, 6.07) is 6.98. The summed E-state index contributed by atoms with van der Waals surface area (Å²) in [6.45, 7) is 6.09. The van der Waals surface area contributed by atoms with E-state index in [0.29, 0.717) is 12.3 Å². The van der Waals surface area contributed by atoms with Crippen LogP contribution in [0.1, 0.15) is 40.7 Å².